The molecule has 0 saturated carbocycles. The molecule has 0 bridgehead atoms. The molecular formula is C11H22N2O. The Bertz CT molecular complexity index is 213. The zero-order valence-corrected chi connectivity index (χ0v) is 9.76. The van der Waals surface area contributed by atoms with Gasteiger partial charge in [-0.3, -0.25) is 10.1 Å². The fourth-order valence-corrected chi connectivity index (χ4v) is 1.69. The second-order valence-corrected chi connectivity index (χ2v) is 4.88. The molecule has 3 nitrogen and oxygen atoms in total. The molecule has 1 fully saturated rings. The summed E-state index contributed by atoms with van der Waals surface area (Å²) >= 11 is 0. The average Bonchev–Trinajstić information content (AvgIpc) is 2.47. The van der Waals surface area contributed by atoms with Gasteiger partial charge in [0.25, 0.3) is 0 Å². The van der Waals surface area contributed by atoms with E-state index >= 15 is 0 Å². The highest BCUT2D eigenvalue weighted by Crippen LogP contribution is 2.22. The van der Waals surface area contributed by atoms with Crippen LogP contribution in [0.4, 0.5) is 0 Å². The molecule has 0 aromatic rings. The minimum atomic E-state index is 0.0580. The number of hydrogen-bond acceptors (Lipinski definition) is 2. The van der Waals surface area contributed by atoms with Crippen molar-refractivity contribution in [3.8, 4) is 0 Å². The second-order valence-electron chi connectivity index (χ2n) is 4.88. The van der Waals surface area contributed by atoms with Gasteiger partial charge in [0.05, 0.1) is 12.7 Å². The van der Waals surface area contributed by atoms with E-state index in [1.54, 1.807) is 0 Å². The van der Waals surface area contributed by atoms with Crippen molar-refractivity contribution in [2.45, 2.75) is 46.6 Å². The zero-order chi connectivity index (χ0) is 10.8. The van der Waals surface area contributed by atoms with Gasteiger partial charge in [0.15, 0.2) is 0 Å². The molecule has 1 atom stereocenters. The molecule has 1 unspecified atom stereocenters. The van der Waals surface area contributed by atoms with Crippen LogP contribution >= 0.6 is 0 Å². The Kier molecular flexibility index (Phi) is 3.53. The van der Waals surface area contributed by atoms with E-state index in [1.807, 2.05) is 11.8 Å². The van der Waals surface area contributed by atoms with E-state index in [2.05, 4.69) is 26.1 Å². The summed E-state index contributed by atoms with van der Waals surface area (Å²) in [6.45, 7) is 10.2. The summed E-state index contributed by atoms with van der Waals surface area (Å²) in [7, 11) is 0. The molecule has 1 amide bonds. The van der Waals surface area contributed by atoms with E-state index in [0.29, 0.717) is 0 Å². The van der Waals surface area contributed by atoms with Crippen LogP contribution in [0.25, 0.3) is 0 Å². The monoisotopic (exact) mass is 198 g/mol. The van der Waals surface area contributed by atoms with Gasteiger partial charge in [-0.1, -0.05) is 27.7 Å². The third-order valence-electron chi connectivity index (χ3n) is 3.12. The average molecular weight is 198 g/mol. The molecule has 1 N–H and O–H groups in total. The van der Waals surface area contributed by atoms with E-state index < -0.39 is 0 Å². The molecule has 1 rings (SSSR count). The molecular weight excluding hydrogens is 176 g/mol. The van der Waals surface area contributed by atoms with E-state index in [9.17, 15) is 4.79 Å². The zero-order valence-electron chi connectivity index (χ0n) is 9.76. The Hall–Kier alpha value is -0.570. The van der Waals surface area contributed by atoms with Crippen molar-refractivity contribution in [3.05, 3.63) is 0 Å². The van der Waals surface area contributed by atoms with Crippen LogP contribution in [-0.2, 0) is 4.79 Å². The van der Waals surface area contributed by atoms with Crippen LogP contribution in [0.1, 0.15) is 40.5 Å². The van der Waals surface area contributed by atoms with Gasteiger partial charge >= 0.3 is 0 Å². The van der Waals surface area contributed by atoms with Crippen molar-refractivity contribution in [1.29, 1.82) is 0 Å². The highest BCUT2D eigenvalue weighted by molar-refractivity contribution is 5.83. The molecule has 0 radical (unpaired) electrons. The van der Waals surface area contributed by atoms with Gasteiger partial charge in [-0.2, -0.15) is 0 Å². The summed E-state index contributed by atoms with van der Waals surface area (Å²) < 4.78 is 0. The molecule has 0 aromatic heterocycles. The lowest BCUT2D eigenvalue weighted by Crippen LogP contribution is -2.37. The molecule has 1 heterocycles. The van der Waals surface area contributed by atoms with Crippen LogP contribution in [0, 0.1) is 5.41 Å². The van der Waals surface area contributed by atoms with Gasteiger partial charge in [-0.05, 0) is 18.3 Å². The minimum Gasteiger partial charge on any atom is -0.328 e. The Labute approximate surface area is 86.9 Å². The Morgan fingerprint density at radius 2 is 2.14 bits per heavy atom. The van der Waals surface area contributed by atoms with Crippen molar-refractivity contribution in [3.63, 3.8) is 0 Å². The number of nitrogens with zero attached hydrogens (tertiary/aromatic N) is 1. The first kappa shape index (κ1) is 11.5. The van der Waals surface area contributed by atoms with Gasteiger partial charge in [0, 0.05) is 6.54 Å². The fourth-order valence-electron chi connectivity index (χ4n) is 1.69. The Balaban J connectivity index is 2.52. The first-order valence-electron chi connectivity index (χ1n) is 5.52. The molecule has 3 heteroatoms. The van der Waals surface area contributed by atoms with Crippen LogP contribution in [0.15, 0.2) is 0 Å². The van der Waals surface area contributed by atoms with Crippen LogP contribution < -0.4 is 5.32 Å². The van der Waals surface area contributed by atoms with Gasteiger partial charge in [-0.25, -0.2) is 0 Å². The van der Waals surface area contributed by atoms with Crippen molar-refractivity contribution in [2.75, 3.05) is 13.2 Å². The number of nitrogens with one attached hydrogen (secondary N) is 1. The molecule has 0 spiro atoms. The van der Waals surface area contributed by atoms with E-state index in [0.717, 1.165) is 26.1 Å². The summed E-state index contributed by atoms with van der Waals surface area (Å²) in [5.41, 5.74) is 0.236. The van der Waals surface area contributed by atoms with Crippen LogP contribution in [0.5, 0.6) is 0 Å². The van der Waals surface area contributed by atoms with Gasteiger partial charge in [0.1, 0.15) is 0 Å². The molecule has 1 saturated heterocycles. The van der Waals surface area contributed by atoms with Crippen LogP contribution in [-0.4, -0.2) is 30.1 Å². The normalized spacial score (nSPS) is 23.3. The second kappa shape index (κ2) is 4.30. The molecule has 82 valence electrons. The van der Waals surface area contributed by atoms with Crippen molar-refractivity contribution in [1.82, 2.24) is 10.2 Å². The highest BCUT2D eigenvalue weighted by atomic mass is 16.2. The van der Waals surface area contributed by atoms with E-state index in [1.165, 1.54) is 0 Å². The lowest BCUT2D eigenvalue weighted by Gasteiger charge is -2.28. The maximum atomic E-state index is 11.8. The number of amides is 1. The van der Waals surface area contributed by atoms with Gasteiger partial charge in [0.2, 0.25) is 5.91 Å². The van der Waals surface area contributed by atoms with Crippen molar-refractivity contribution in [2.24, 2.45) is 5.41 Å². The molecule has 1 aliphatic rings. The molecule has 14 heavy (non-hydrogen) atoms. The summed E-state index contributed by atoms with van der Waals surface area (Å²) in [6, 6.07) is 0.0580. The maximum absolute atomic E-state index is 11.8. The molecule has 1 aliphatic heterocycles. The third kappa shape index (κ3) is 2.47. The molecule has 0 aromatic carbocycles. The van der Waals surface area contributed by atoms with Crippen LogP contribution in [0.3, 0.4) is 0 Å². The smallest absolute Gasteiger partial charge is 0.240 e. The van der Waals surface area contributed by atoms with Crippen molar-refractivity contribution < 1.29 is 4.79 Å². The van der Waals surface area contributed by atoms with E-state index in [4.69, 9.17) is 0 Å². The summed E-state index contributed by atoms with van der Waals surface area (Å²) in [5, 5.41) is 3.23. The quantitative estimate of drug-likeness (QED) is 0.744. The van der Waals surface area contributed by atoms with Crippen molar-refractivity contribution >= 4 is 5.91 Å². The number of carbonyl (C=O) groups is 1. The minimum absolute atomic E-state index is 0.0580. The first-order valence-corrected chi connectivity index (χ1v) is 5.52. The predicted octanol–water partition coefficient (Wildman–Crippen LogP) is 1.59. The fraction of sp³-hybridized carbons (Fsp3) is 0.909. The van der Waals surface area contributed by atoms with Crippen LogP contribution in [0.2, 0.25) is 0 Å². The Morgan fingerprint density at radius 3 is 2.57 bits per heavy atom. The van der Waals surface area contributed by atoms with Gasteiger partial charge in [-0.15, -0.1) is 0 Å². The Morgan fingerprint density at radius 1 is 1.50 bits per heavy atom. The lowest BCUT2D eigenvalue weighted by atomic mass is 9.90. The van der Waals surface area contributed by atoms with Gasteiger partial charge < -0.3 is 4.90 Å². The predicted molar refractivity (Wildman–Crippen MR) is 57.9 cm³/mol. The summed E-state index contributed by atoms with van der Waals surface area (Å²) in [4.78, 5) is 13.7. The largest absolute Gasteiger partial charge is 0.328 e. The summed E-state index contributed by atoms with van der Waals surface area (Å²) in [6.07, 6.45) is 2.00. The number of carbonyl (C=O) groups excluding carboxylic acids is 1. The molecule has 0 aliphatic carbocycles. The maximum Gasteiger partial charge on any atom is 0.240 e. The number of rotatable bonds is 4. The highest BCUT2D eigenvalue weighted by Gasteiger charge is 2.32. The summed E-state index contributed by atoms with van der Waals surface area (Å²) in [5.74, 6) is 0.272. The topological polar surface area (TPSA) is 32.3 Å². The third-order valence-corrected chi connectivity index (χ3v) is 3.12. The standard InChI is InChI=1S/C11H22N2O/c1-5-9-10(14)13(8-12-9)7-11(3,4)6-2/h9,12H,5-8H2,1-4H3. The first-order chi connectivity index (χ1) is 6.50. The SMILES string of the molecule is CCC1NCN(CC(C)(C)CC)C1=O. The lowest BCUT2D eigenvalue weighted by molar-refractivity contribution is -0.130. The number of hydrogen-bond donors (Lipinski definition) is 1. The van der Waals surface area contributed by atoms with E-state index in [-0.39, 0.29) is 17.4 Å².